The summed E-state index contributed by atoms with van der Waals surface area (Å²) in [5, 5.41) is 14.6. The number of thiazole rings is 1. The van der Waals surface area contributed by atoms with Crippen molar-refractivity contribution < 1.29 is 19.1 Å². The van der Waals surface area contributed by atoms with Crippen molar-refractivity contribution in [2.24, 2.45) is 0 Å². The molecule has 0 unspecified atom stereocenters. The van der Waals surface area contributed by atoms with Gasteiger partial charge in [0.05, 0.1) is 20.8 Å². The lowest BCUT2D eigenvalue weighted by Gasteiger charge is -2.22. The minimum atomic E-state index is -1.18. The molecule has 0 radical (unpaired) electrons. The van der Waals surface area contributed by atoms with E-state index in [-0.39, 0.29) is 5.69 Å². The molecule has 0 saturated heterocycles. The van der Waals surface area contributed by atoms with Gasteiger partial charge in [0.15, 0.2) is 0 Å². The van der Waals surface area contributed by atoms with Crippen LogP contribution in [0.25, 0.3) is 10.2 Å². The largest absolute Gasteiger partial charge is 0.386 e. The second kappa shape index (κ2) is 9.83. The molecule has 2 aromatic heterocycles. The van der Waals surface area contributed by atoms with Gasteiger partial charge in [-0.15, -0.1) is 11.3 Å². The topological polar surface area (TPSA) is 92.2 Å². The van der Waals surface area contributed by atoms with Crippen molar-refractivity contribution in [2.75, 3.05) is 5.32 Å². The number of rotatable bonds is 4. The Morgan fingerprint density at radius 1 is 1.16 bits per heavy atom. The van der Waals surface area contributed by atoms with Gasteiger partial charge in [0.1, 0.15) is 18.3 Å². The van der Waals surface area contributed by atoms with E-state index in [0.717, 1.165) is 34.1 Å². The Morgan fingerprint density at radius 3 is 2.47 bits per heavy atom. The number of nitrogens with one attached hydrogen (secondary N) is 1. The zero-order valence-electron chi connectivity index (χ0n) is 18.6. The Bertz CT molecular complexity index is 1100. The monoisotopic (exact) mass is 457 g/mol. The summed E-state index contributed by atoms with van der Waals surface area (Å²) in [6, 6.07) is 6.09. The standard InChI is InChI=1S/C23H26FN3O2S.CH2O/c1-13-9-15(24)10-19(25-13)21(28)26-17-12-20-18(11-16(17)23(2,3)29)27-22(30-20)14-7-5-4-6-8-14;1-2/h9-12,14,29H,4-8H2,1-3H3,(H,26,28);1H2. The molecular weight excluding hydrogens is 429 g/mol. The first kappa shape index (κ1) is 23.9. The molecule has 0 spiro atoms. The molecule has 0 atom stereocenters. The highest BCUT2D eigenvalue weighted by atomic mass is 32.1. The summed E-state index contributed by atoms with van der Waals surface area (Å²) >= 11 is 1.65. The van der Waals surface area contributed by atoms with E-state index < -0.39 is 17.3 Å². The van der Waals surface area contributed by atoms with Crippen molar-refractivity contribution in [3.8, 4) is 0 Å². The Hall–Kier alpha value is -2.71. The van der Waals surface area contributed by atoms with E-state index in [0.29, 0.717) is 22.9 Å². The second-order valence-corrected chi connectivity index (χ2v) is 9.64. The van der Waals surface area contributed by atoms with Gasteiger partial charge in [0.2, 0.25) is 0 Å². The first-order valence-electron chi connectivity index (χ1n) is 10.6. The summed E-state index contributed by atoms with van der Waals surface area (Å²) in [6.45, 7) is 6.98. The molecule has 0 bridgehead atoms. The number of nitrogens with zero attached hydrogens (tertiary/aromatic N) is 2. The quantitative estimate of drug-likeness (QED) is 0.541. The molecule has 4 rings (SSSR count). The van der Waals surface area contributed by atoms with Crippen LogP contribution in [0.4, 0.5) is 10.1 Å². The van der Waals surface area contributed by atoms with Crippen molar-refractivity contribution >= 4 is 39.9 Å². The molecule has 6 nitrogen and oxygen atoms in total. The van der Waals surface area contributed by atoms with Gasteiger partial charge in [-0.3, -0.25) is 4.79 Å². The summed E-state index contributed by atoms with van der Waals surface area (Å²) in [7, 11) is 0. The molecule has 1 aromatic carbocycles. The van der Waals surface area contributed by atoms with Crippen molar-refractivity contribution in [2.45, 2.75) is 64.4 Å². The number of aliphatic hydroxyl groups is 1. The van der Waals surface area contributed by atoms with Crippen LogP contribution < -0.4 is 5.32 Å². The maximum absolute atomic E-state index is 13.7. The first-order chi connectivity index (χ1) is 15.2. The van der Waals surface area contributed by atoms with Crippen molar-refractivity contribution in [1.82, 2.24) is 9.97 Å². The number of hydrogen-bond donors (Lipinski definition) is 2. The lowest BCUT2D eigenvalue weighted by molar-refractivity contribution is -0.0980. The lowest BCUT2D eigenvalue weighted by atomic mass is 9.90. The Morgan fingerprint density at radius 2 is 1.84 bits per heavy atom. The number of halogens is 1. The van der Waals surface area contributed by atoms with Gasteiger partial charge >= 0.3 is 0 Å². The summed E-state index contributed by atoms with van der Waals surface area (Å²) in [4.78, 5) is 29.7. The number of benzene rings is 1. The van der Waals surface area contributed by atoms with Crippen LogP contribution in [0.15, 0.2) is 24.3 Å². The minimum Gasteiger partial charge on any atom is -0.386 e. The van der Waals surface area contributed by atoms with Gasteiger partial charge in [0.25, 0.3) is 5.91 Å². The van der Waals surface area contributed by atoms with E-state index in [2.05, 4.69) is 10.3 Å². The summed E-state index contributed by atoms with van der Waals surface area (Å²) in [5.74, 6) is -0.538. The first-order valence-corrected chi connectivity index (χ1v) is 11.4. The van der Waals surface area contributed by atoms with Gasteiger partial charge in [-0.1, -0.05) is 19.3 Å². The van der Waals surface area contributed by atoms with Gasteiger partial charge in [-0.05, 0) is 51.8 Å². The number of carbonyl (C=O) groups is 2. The van der Waals surface area contributed by atoms with Crippen LogP contribution >= 0.6 is 11.3 Å². The predicted octanol–water partition coefficient (Wildman–Crippen LogP) is 5.48. The van der Waals surface area contributed by atoms with Gasteiger partial charge < -0.3 is 15.2 Å². The van der Waals surface area contributed by atoms with E-state index in [1.165, 1.54) is 25.3 Å². The Balaban J connectivity index is 0.00000141. The van der Waals surface area contributed by atoms with Crippen LogP contribution in [-0.4, -0.2) is 27.8 Å². The highest BCUT2D eigenvalue weighted by molar-refractivity contribution is 7.18. The minimum absolute atomic E-state index is 0.00138. The highest BCUT2D eigenvalue weighted by Crippen LogP contribution is 2.39. The Labute approximate surface area is 190 Å². The zero-order valence-corrected chi connectivity index (χ0v) is 19.4. The maximum atomic E-state index is 13.7. The van der Waals surface area contributed by atoms with E-state index in [4.69, 9.17) is 9.78 Å². The second-order valence-electron chi connectivity index (χ2n) is 8.58. The SMILES string of the molecule is C=O.Cc1cc(F)cc(C(=O)Nc2cc3sc(C4CCCCC4)nc3cc2C(C)(C)O)n1. The van der Waals surface area contributed by atoms with Crippen LogP contribution in [0.3, 0.4) is 0 Å². The molecule has 1 amide bonds. The van der Waals surface area contributed by atoms with Gasteiger partial charge in [-0.25, -0.2) is 14.4 Å². The molecule has 2 heterocycles. The highest BCUT2D eigenvalue weighted by Gasteiger charge is 2.25. The number of carbonyl (C=O) groups excluding carboxylic acids is 2. The molecule has 1 fully saturated rings. The molecule has 1 saturated carbocycles. The number of pyridine rings is 1. The van der Waals surface area contributed by atoms with Crippen LogP contribution in [0.1, 0.15) is 78.6 Å². The smallest absolute Gasteiger partial charge is 0.274 e. The molecule has 1 aliphatic rings. The third-order valence-corrected chi connectivity index (χ3v) is 6.74. The molecule has 32 heavy (non-hydrogen) atoms. The molecule has 3 aromatic rings. The maximum Gasteiger partial charge on any atom is 0.274 e. The van der Waals surface area contributed by atoms with Crippen molar-refractivity contribution in [3.05, 3.63) is 52.0 Å². The molecule has 1 aliphatic carbocycles. The number of fused-ring (bicyclic) bond motifs is 1. The predicted molar refractivity (Wildman–Crippen MR) is 125 cm³/mol. The number of aryl methyl sites for hydroxylation is 1. The van der Waals surface area contributed by atoms with Crippen LogP contribution in [0.2, 0.25) is 0 Å². The number of amides is 1. The third-order valence-electron chi connectivity index (χ3n) is 5.56. The Kier molecular flexibility index (Phi) is 7.36. The molecule has 0 aliphatic heterocycles. The fourth-order valence-electron chi connectivity index (χ4n) is 4.05. The van der Waals surface area contributed by atoms with Crippen LogP contribution in [0, 0.1) is 12.7 Å². The molecule has 170 valence electrons. The molecular formula is C24H28FN3O3S. The average Bonchev–Trinajstić information content (AvgIpc) is 3.17. The number of anilines is 1. The summed E-state index contributed by atoms with van der Waals surface area (Å²) in [5.41, 5.74) is 1.13. The molecule has 8 heteroatoms. The lowest BCUT2D eigenvalue weighted by Crippen LogP contribution is -2.21. The van der Waals surface area contributed by atoms with E-state index in [1.54, 1.807) is 32.1 Å². The normalized spacial score (nSPS) is 14.7. The zero-order chi connectivity index (χ0) is 23.5. The van der Waals surface area contributed by atoms with Gasteiger partial charge in [0, 0.05) is 28.9 Å². The van der Waals surface area contributed by atoms with Crippen LogP contribution in [0.5, 0.6) is 0 Å². The van der Waals surface area contributed by atoms with Crippen LogP contribution in [-0.2, 0) is 10.4 Å². The number of hydrogen-bond acceptors (Lipinski definition) is 6. The summed E-state index contributed by atoms with van der Waals surface area (Å²) in [6.07, 6.45) is 6.07. The van der Waals surface area contributed by atoms with E-state index in [1.807, 2.05) is 18.9 Å². The summed E-state index contributed by atoms with van der Waals surface area (Å²) < 4.78 is 14.7. The van der Waals surface area contributed by atoms with E-state index in [9.17, 15) is 14.3 Å². The molecule has 2 N–H and O–H groups in total. The third kappa shape index (κ3) is 5.37. The number of aromatic nitrogens is 2. The average molecular weight is 458 g/mol. The van der Waals surface area contributed by atoms with Gasteiger partial charge in [-0.2, -0.15) is 0 Å². The fourth-order valence-corrected chi connectivity index (χ4v) is 5.21. The fraction of sp³-hybridized carbons (Fsp3) is 0.417. The van der Waals surface area contributed by atoms with E-state index >= 15 is 0 Å². The van der Waals surface area contributed by atoms with Crippen molar-refractivity contribution in [3.63, 3.8) is 0 Å². The van der Waals surface area contributed by atoms with Crippen molar-refractivity contribution in [1.29, 1.82) is 0 Å².